The van der Waals surface area contributed by atoms with Crippen LogP contribution in [0.4, 0.5) is 19.3 Å². The van der Waals surface area contributed by atoms with Gasteiger partial charge in [0.2, 0.25) is 6.67 Å². The van der Waals surface area contributed by atoms with Crippen molar-refractivity contribution in [2.24, 2.45) is 4.99 Å². The summed E-state index contributed by atoms with van der Waals surface area (Å²) in [4.78, 5) is 17.3. The Labute approximate surface area is 137 Å². The number of hydrogen-bond acceptors (Lipinski definition) is 4. The highest BCUT2D eigenvalue weighted by Crippen LogP contribution is 2.27. The molecule has 1 aromatic carbocycles. The summed E-state index contributed by atoms with van der Waals surface area (Å²) < 4.78 is 29.1. The van der Waals surface area contributed by atoms with E-state index in [2.05, 4.69) is 10.3 Å². The minimum atomic E-state index is -1.36. The van der Waals surface area contributed by atoms with E-state index in [-0.39, 0.29) is 24.0 Å². The molecule has 2 aliphatic heterocycles. The van der Waals surface area contributed by atoms with Gasteiger partial charge in [0, 0.05) is 3.57 Å². The van der Waals surface area contributed by atoms with Gasteiger partial charge < -0.3 is 10.4 Å². The maximum atomic E-state index is 14.5. The first-order valence-corrected chi connectivity index (χ1v) is 7.19. The molecule has 0 aliphatic carbocycles. The molecule has 113 valence electrons. The average molecular weight is 418 g/mol. The summed E-state index contributed by atoms with van der Waals surface area (Å²) in [7, 11) is 0. The van der Waals surface area contributed by atoms with Crippen LogP contribution in [0, 0.1) is 9.39 Å². The molecular formula is C13H9F2IN4O2+. The SMILES string of the molecule is O=C(O)N1C[N+]2C=CN=C2C(F)=C1Nc1ccc(I)cc1F. The van der Waals surface area contributed by atoms with Crippen LogP contribution in [0.25, 0.3) is 0 Å². The molecule has 3 rings (SSSR count). The minimum Gasteiger partial charge on any atom is -0.464 e. The molecule has 0 saturated carbocycles. The third-order valence-corrected chi connectivity index (χ3v) is 3.77. The van der Waals surface area contributed by atoms with Gasteiger partial charge in [-0.25, -0.2) is 14.1 Å². The molecule has 0 unspecified atom stereocenters. The predicted molar refractivity (Wildman–Crippen MR) is 84.3 cm³/mol. The van der Waals surface area contributed by atoms with Crippen molar-refractivity contribution < 1.29 is 18.7 Å². The molecule has 0 fully saturated rings. The summed E-state index contributed by atoms with van der Waals surface area (Å²) in [5.41, 5.74) is -0.0168. The molecule has 1 radical (unpaired) electrons. The highest BCUT2D eigenvalue weighted by molar-refractivity contribution is 14.1. The van der Waals surface area contributed by atoms with E-state index in [1.807, 2.05) is 22.6 Å². The lowest BCUT2D eigenvalue weighted by Gasteiger charge is -2.26. The van der Waals surface area contributed by atoms with Gasteiger partial charge in [-0.2, -0.15) is 9.38 Å². The van der Waals surface area contributed by atoms with Crippen LogP contribution in [0.5, 0.6) is 0 Å². The Bertz CT molecular complexity index is 748. The van der Waals surface area contributed by atoms with Crippen LogP contribution in [0.2, 0.25) is 0 Å². The van der Waals surface area contributed by atoms with Gasteiger partial charge in [0.1, 0.15) is 5.82 Å². The molecule has 0 bridgehead atoms. The first-order chi connectivity index (χ1) is 10.5. The van der Waals surface area contributed by atoms with Crippen molar-refractivity contribution in [1.29, 1.82) is 0 Å². The number of halogens is 3. The Morgan fingerprint density at radius 2 is 2.23 bits per heavy atom. The van der Waals surface area contributed by atoms with Crippen molar-refractivity contribution in [2.75, 3.05) is 12.0 Å². The summed E-state index contributed by atoms with van der Waals surface area (Å²) >= 11 is 1.94. The average Bonchev–Trinajstić information content (AvgIpc) is 2.92. The largest absolute Gasteiger partial charge is 0.464 e. The van der Waals surface area contributed by atoms with Crippen LogP contribution in [0.3, 0.4) is 0 Å². The van der Waals surface area contributed by atoms with Gasteiger partial charge in [-0.3, -0.25) is 0 Å². The fourth-order valence-corrected chi connectivity index (χ4v) is 2.52. The van der Waals surface area contributed by atoms with Crippen LogP contribution >= 0.6 is 22.6 Å². The van der Waals surface area contributed by atoms with E-state index in [1.165, 1.54) is 29.4 Å². The molecule has 6 nitrogen and oxygen atoms in total. The van der Waals surface area contributed by atoms with Crippen molar-refractivity contribution in [3.63, 3.8) is 0 Å². The molecule has 2 N–H and O–H groups in total. The molecule has 2 heterocycles. The molecule has 9 heteroatoms. The lowest BCUT2D eigenvalue weighted by atomic mass is 10.3. The fraction of sp³-hybridized carbons (Fsp3) is 0.0769. The number of hydrogen-bond donors (Lipinski definition) is 2. The number of benzene rings is 1. The second-order valence-electron chi connectivity index (χ2n) is 4.48. The van der Waals surface area contributed by atoms with Crippen LogP contribution in [-0.4, -0.2) is 28.6 Å². The second kappa shape index (κ2) is 5.65. The number of amidine groups is 1. The normalized spacial score (nSPS) is 17.6. The number of carbonyl (C=O) groups is 1. The molecule has 0 aromatic heterocycles. The van der Waals surface area contributed by atoms with E-state index in [4.69, 9.17) is 0 Å². The summed E-state index contributed by atoms with van der Waals surface area (Å²) in [6, 6.07) is 4.30. The number of carboxylic acid groups (broad SMARTS) is 1. The van der Waals surface area contributed by atoms with Gasteiger partial charge in [0.25, 0.3) is 5.83 Å². The molecule has 0 saturated heterocycles. The Morgan fingerprint density at radius 1 is 1.45 bits per heavy atom. The first-order valence-electron chi connectivity index (χ1n) is 6.11. The monoisotopic (exact) mass is 418 g/mol. The zero-order valence-electron chi connectivity index (χ0n) is 10.9. The van der Waals surface area contributed by atoms with Gasteiger partial charge >= 0.3 is 11.9 Å². The topological polar surface area (TPSA) is 70.8 Å². The number of rotatable bonds is 2. The fourth-order valence-electron chi connectivity index (χ4n) is 2.07. The van der Waals surface area contributed by atoms with Crippen molar-refractivity contribution in [1.82, 2.24) is 9.80 Å². The Morgan fingerprint density at radius 3 is 2.91 bits per heavy atom. The molecular weight excluding hydrogens is 409 g/mol. The minimum absolute atomic E-state index is 0.00841. The number of nitrogens with one attached hydrogen (secondary N) is 1. The number of fused-ring (bicyclic) bond motifs is 1. The number of nitrogens with zero attached hydrogens (tertiary/aromatic N) is 3. The highest BCUT2D eigenvalue weighted by Gasteiger charge is 2.43. The van der Waals surface area contributed by atoms with E-state index >= 15 is 0 Å². The zero-order valence-corrected chi connectivity index (χ0v) is 13.1. The van der Waals surface area contributed by atoms with Crippen LogP contribution in [-0.2, 0) is 0 Å². The summed E-state index contributed by atoms with van der Waals surface area (Å²) in [6.07, 6.45) is 1.47. The van der Waals surface area contributed by atoms with Crippen molar-refractivity contribution in [3.05, 3.63) is 51.6 Å². The van der Waals surface area contributed by atoms with Crippen LogP contribution in [0.1, 0.15) is 0 Å². The smallest absolute Gasteiger partial charge is 0.417 e. The number of aliphatic imine (C=N–C) groups is 1. The maximum Gasteiger partial charge on any atom is 0.417 e. The van der Waals surface area contributed by atoms with Gasteiger partial charge in [0.15, 0.2) is 12.0 Å². The maximum absolute atomic E-state index is 14.5. The Kier molecular flexibility index (Phi) is 3.83. The molecule has 0 spiro atoms. The summed E-state index contributed by atoms with van der Waals surface area (Å²) in [6.45, 7) is -0.133. The molecule has 2 aliphatic rings. The van der Waals surface area contributed by atoms with E-state index < -0.39 is 17.7 Å². The molecule has 1 amide bonds. The third kappa shape index (κ3) is 2.57. The zero-order chi connectivity index (χ0) is 15.9. The van der Waals surface area contributed by atoms with E-state index in [0.29, 0.717) is 3.57 Å². The Hall–Kier alpha value is -2.01. The lowest BCUT2D eigenvalue weighted by molar-refractivity contribution is 0.151. The molecule has 1 aromatic rings. The number of amides is 1. The Balaban J connectivity index is 2.01. The van der Waals surface area contributed by atoms with E-state index in [1.54, 1.807) is 6.07 Å². The quantitative estimate of drug-likeness (QED) is 0.574. The summed E-state index contributed by atoms with van der Waals surface area (Å²) in [5, 5.41) is 11.7. The van der Waals surface area contributed by atoms with Gasteiger partial charge in [-0.15, -0.1) is 0 Å². The van der Waals surface area contributed by atoms with Crippen molar-refractivity contribution in [3.8, 4) is 0 Å². The predicted octanol–water partition coefficient (Wildman–Crippen LogP) is 2.96. The van der Waals surface area contributed by atoms with Crippen LogP contribution in [0.15, 0.2) is 47.2 Å². The second-order valence-corrected chi connectivity index (χ2v) is 5.73. The first kappa shape index (κ1) is 14.9. The number of anilines is 1. The summed E-state index contributed by atoms with van der Waals surface area (Å²) in [5.74, 6) is -1.83. The third-order valence-electron chi connectivity index (χ3n) is 3.10. The van der Waals surface area contributed by atoms with Crippen molar-refractivity contribution >= 4 is 40.2 Å². The van der Waals surface area contributed by atoms with Gasteiger partial charge in [-0.1, -0.05) is 4.90 Å². The lowest BCUT2D eigenvalue weighted by Crippen LogP contribution is -2.50. The van der Waals surface area contributed by atoms with E-state index in [9.17, 15) is 18.7 Å². The highest BCUT2D eigenvalue weighted by atomic mass is 127. The van der Waals surface area contributed by atoms with E-state index in [0.717, 1.165) is 4.90 Å². The van der Waals surface area contributed by atoms with Crippen LogP contribution < -0.4 is 10.2 Å². The van der Waals surface area contributed by atoms with Gasteiger partial charge in [-0.05, 0) is 40.8 Å². The molecule has 22 heavy (non-hydrogen) atoms. The van der Waals surface area contributed by atoms with Crippen molar-refractivity contribution in [2.45, 2.75) is 0 Å². The van der Waals surface area contributed by atoms with Gasteiger partial charge in [0.05, 0.1) is 11.9 Å². The molecule has 0 atom stereocenters. The standard InChI is InChI=1S/C13H9F2IN4O2/c14-8-5-7(16)1-2-9(8)18-12-10(15)11-17-3-4-19(11)6-20(12)13(21)22/h1-5,18H,6H2,(H,21,22)/q+1.